The van der Waals surface area contributed by atoms with E-state index in [9.17, 15) is 0 Å². The van der Waals surface area contributed by atoms with Gasteiger partial charge in [-0.25, -0.2) is 0 Å². The smallest absolute Gasteiger partial charge is 0.0422 e. The molecule has 17 heavy (non-hydrogen) atoms. The standard InChI is InChI=1S/C15H15NS/c1-12(17-13-8-4-3-5-9-13)14-10-6-7-11-15(14)16-2/h3-11,16H,1H2,2H3. The summed E-state index contributed by atoms with van der Waals surface area (Å²) in [5, 5.41) is 3.19. The maximum absolute atomic E-state index is 4.15. The fraction of sp³-hybridized carbons (Fsp3) is 0.0667. The highest BCUT2D eigenvalue weighted by molar-refractivity contribution is 8.08. The Balaban J connectivity index is 2.20. The van der Waals surface area contributed by atoms with Crippen LogP contribution < -0.4 is 5.32 Å². The highest BCUT2D eigenvalue weighted by atomic mass is 32.2. The van der Waals surface area contributed by atoms with E-state index in [2.05, 4.69) is 36.2 Å². The van der Waals surface area contributed by atoms with E-state index in [1.54, 1.807) is 11.8 Å². The number of anilines is 1. The Morgan fingerprint density at radius 1 is 1.00 bits per heavy atom. The minimum atomic E-state index is 1.06. The van der Waals surface area contributed by atoms with Crippen LogP contribution in [0.25, 0.3) is 4.91 Å². The Bertz CT molecular complexity index is 505. The summed E-state index contributed by atoms with van der Waals surface area (Å²) in [4.78, 5) is 2.27. The molecule has 1 nitrogen and oxygen atoms in total. The van der Waals surface area contributed by atoms with Gasteiger partial charge in [-0.05, 0) is 18.2 Å². The first-order valence-electron chi connectivity index (χ1n) is 5.50. The average Bonchev–Trinajstić information content (AvgIpc) is 2.40. The third kappa shape index (κ3) is 2.92. The molecule has 0 saturated heterocycles. The summed E-state index contributed by atoms with van der Waals surface area (Å²) in [5.74, 6) is 0. The van der Waals surface area contributed by atoms with Gasteiger partial charge in [-0.15, -0.1) is 0 Å². The highest BCUT2D eigenvalue weighted by Crippen LogP contribution is 2.35. The second-order valence-corrected chi connectivity index (χ2v) is 4.80. The molecule has 2 rings (SSSR count). The van der Waals surface area contributed by atoms with Gasteiger partial charge in [-0.3, -0.25) is 0 Å². The minimum absolute atomic E-state index is 1.06. The summed E-state index contributed by atoms with van der Waals surface area (Å²) in [6.07, 6.45) is 0. The molecule has 86 valence electrons. The van der Waals surface area contributed by atoms with Crippen molar-refractivity contribution in [1.29, 1.82) is 0 Å². The average molecular weight is 241 g/mol. The zero-order valence-corrected chi connectivity index (χ0v) is 10.6. The van der Waals surface area contributed by atoms with E-state index in [1.165, 1.54) is 4.90 Å². The van der Waals surface area contributed by atoms with Crippen LogP contribution in [0.3, 0.4) is 0 Å². The van der Waals surface area contributed by atoms with Gasteiger partial charge < -0.3 is 5.32 Å². The molecule has 0 aliphatic heterocycles. The number of para-hydroxylation sites is 1. The molecule has 2 aromatic carbocycles. The van der Waals surface area contributed by atoms with Gasteiger partial charge in [0.15, 0.2) is 0 Å². The number of hydrogen-bond donors (Lipinski definition) is 1. The van der Waals surface area contributed by atoms with Gasteiger partial charge in [0.05, 0.1) is 0 Å². The van der Waals surface area contributed by atoms with Crippen LogP contribution in [0.4, 0.5) is 5.69 Å². The lowest BCUT2D eigenvalue weighted by atomic mass is 10.2. The largest absolute Gasteiger partial charge is 0.388 e. The van der Waals surface area contributed by atoms with Gasteiger partial charge in [0.2, 0.25) is 0 Å². The van der Waals surface area contributed by atoms with Crippen molar-refractivity contribution in [2.24, 2.45) is 0 Å². The normalized spacial score (nSPS) is 9.94. The molecular formula is C15H15NS. The van der Waals surface area contributed by atoms with Gasteiger partial charge >= 0.3 is 0 Å². The van der Waals surface area contributed by atoms with Crippen molar-refractivity contribution in [3.05, 3.63) is 66.7 Å². The molecule has 0 fully saturated rings. The Morgan fingerprint density at radius 2 is 1.65 bits per heavy atom. The summed E-state index contributed by atoms with van der Waals surface area (Å²) in [6.45, 7) is 4.15. The van der Waals surface area contributed by atoms with E-state index in [0.717, 1.165) is 16.2 Å². The van der Waals surface area contributed by atoms with E-state index >= 15 is 0 Å². The van der Waals surface area contributed by atoms with Gasteiger partial charge in [-0.1, -0.05) is 54.7 Å². The molecule has 0 atom stereocenters. The number of hydrogen-bond acceptors (Lipinski definition) is 2. The van der Waals surface area contributed by atoms with Gasteiger partial charge in [0.1, 0.15) is 0 Å². The molecule has 0 heterocycles. The van der Waals surface area contributed by atoms with Crippen molar-refractivity contribution >= 4 is 22.4 Å². The molecule has 0 amide bonds. The fourth-order valence-corrected chi connectivity index (χ4v) is 2.50. The predicted molar refractivity (Wildman–Crippen MR) is 77.3 cm³/mol. The van der Waals surface area contributed by atoms with Crippen LogP contribution in [0.1, 0.15) is 5.56 Å². The summed E-state index contributed by atoms with van der Waals surface area (Å²) in [5.41, 5.74) is 2.27. The van der Waals surface area contributed by atoms with Gasteiger partial charge in [-0.2, -0.15) is 0 Å². The maximum Gasteiger partial charge on any atom is 0.0422 e. The van der Waals surface area contributed by atoms with E-state index in [1.807, 2.05) is 37.4 Å². The van der Waals surface area contributed by atoms with Crippen molar-refractivity contribution in [1.82, 2.24) is 0 Å². The topological polar surface area (TPSA) is 12.0 Å². The molecular weight excluding hydrogens is 226 g/mol. The molecule has 0 saturated carbocycles. The summed E-state index contributed by atoms with van der Waals surface area (Å²) >= 11 is 1.69. The SMILES string of the molecule is C=C(Sc1ccccc1)c1ccccc1NC. The fourth-order valence-electron chi connectivity index (χ4n) is 1.63. The first-order chi connectivity index (χ1) is 8.31. The second kappa shape index (κ2) is 5.60. The Kier molecular flexibility index (Phi) is 3.89. The molecule has 0 spiro atoms. The quantitative estimate of drug-likeness (QED) is 0.791. The highest BCUT2D eigenvalue weighted by Gasteiger charge is 2.05. The molecule has 0 aliphatic carbocycles. The molecule has 0 aromatic heterocycles. The van der Waals surface area contributed by atoms with E-state index in [0.29, 0.717) is 0 Å². The maximum atomic E-state index is 4.15. The van der Waals surface area contributed by atoms with Crippen LogP contribution in [0.15, 0.2) is 66.1 Å². The number of rotatable bonds is 4. The van der Waals surface area contributed by atoms with Crippen LogP contribution in [0.5, 0.6) is 0 Å². The molecule has 0 unspecified atom stereocenters. The van der Waals surface area contributed by atoms with Crippen molar-refractivity contribution in [3.8, 4) is 0 Å². The molecule has 0 aliphatic rings. The van der Waals surface area contributed by atoms with Crippen LogP contribution in [-0.4, -0.2) is 7.05 Å². The van der Waals surface area contributed by atoms with Gasteiger partial charge in [0, 0.05) is 28.1 Å². The first kappa shape index (κ1) is 11.8. The summed E-state index contributed by atoms with van der Waals surface area (Å²) < 4.78 is 0. The molecule has 0 bridgehead atoms. The zero-order valence-electron chi connectivity index (χ0n) is 9.81. The van der Waals surface area contributed by atoms with E-state index < -0.39 is 0 Å². The van der Waals surface area contributed by atoms with Crippen molar-refractivity contribution in [2.45, 2.75) is 4.90 Å². The van der Waals surface area contributed by atoms with Crippen LogP contribution in [0.2, 0.25) is 0 Å². The van der Waals surface area contributed by atoms with Crippen molar-refractivity contribution in [2.75, 3.05) is 12.4 Å². The summed E-state index contributed by atoms with van der Waals surface area (Å²) in [7, 11) is 1.93. The number of benzene rings is 2. The van der Waals surface area contributed by atoms with Crippen LogP contribution >= 0.6 is 11.8 Å². The van der Waals surface area contributed by atoms with Crippen LogP contribution in [-0.2, 0) is 0 Å². The number of nitrogens with one attached hydrogen (secondary N) is 1. The third-order valence-electron chi connectivity index (χ3n) is 2.48. The van der Waals surface area contributed by atoms with E-state index in [4.69, 9.17) is 0 Å². The lowest BCUT2D eigenvalue weighted by molar-refractivity contribution is 1.47. The Hall–Kier alpha value is -1.67. The lowest BCUT2D eigenvalue weighted by Crippen LogP contribution is -1.92. The van der Waals surface area contributed by atoms with Crippen molar-refractivity contribution in [3.63, 3.8) is 0 Å². The zero-order chi connectivity index (χ0) is 12.1. The Morgan fingerprint density at radius 3 is 2.35 bits per heavy atom. The van der Waals surface area contributed by atoms with Crippen molar-refractivity contribution < 1.29 is 0 Å². The monoisotopic (exact) mass is 241 g/mol. The van der Waals surface area contributed by atoms with Crippen LogP contribution in [0, 0.1) is 0 Å². The minimum Gasteiger partial charge on any atom is -0.388 e. The molecule has 2 heteroatoms. The van der Waals surface area contributed by atoms with E-state index in [-0.39, 0.29) is 0 Å². The predicted octanol–water partition coefficient (Wildman–Crippen LogP) is 4.49. The molecule has 1 N–H and O–H groups in total. The first-order valence-corrected chi connectivity index (χ1v) is 6.32. The molecule has 0 radical (unpaired) electrons. The Labute approximate surface area is 107 Å². The lowest BCUT2D eigenvalue weighted by Gasteiger charge is -2.10. The number of thioether (sulfide) groups is 1. The summed E-state index contributed by atoms with van der Waals surface area (Å²) in [6, 6.07) is 18.5. The van der Waals surface area contributed by atoms with Gasteiger partial charge in [0.25, 0.3) is 0 Å². The second-order valence-electron chi connectivity index (χ2n) is 3.63. The molecule has 2 aromatic rings. The third-order valence-corrected chi connectivity index (χ3v) is 3.46.